The molecule has 0 saturated carbocycles. The minimum Gasteiger partial charge on any atom is -0.339 e. The number of carbonyl (C=O) groups is 2. The maximum Gasteiger partial charge on any atom is 0.274 e. The summed E-state index contributed by atoms with van der Waals surface area (Å²) in [4.78, 5) is 31.1. The highest BCUT2D eigenvalue weighted by atomic mass is 16.5. The van der Waals surface area contributed by atoms with Crippen LogP contribution >= 0.6 is 0 Å². The van der Waals surface area contributed by atoms with E-state index in [-0.39, 0.29) is 5.91 Å². The molecule has 0 aliphatic carbocycles. The third-order valence-corrected chi connectivity index (χ3v) is 6.64. The highest BCUT2D eigenvalue weighted by Crippen LogP contribution is 2.30. The quantitative estimate of drug-likeness (QED) is 0.223. The maximum atomic E-state index is 12.8. The van der Waals surface area contributed by atoms with Gasteiger partial charge in [0, 0.05) is 48.6 Å². The molecule has 7 heteroatoms. The minimum atomic E-state index is -0.525. The molecule has 0 radical (unpaired) electrons. The molecule has 2 aromatic heterocycles. The highest BCUT2D eigenvalue weighted by Gasteiger charge is 2.25. The molecule has 0 bridgehead atoms. The third-order valence-electron chi connectivity index (χ3n) is 6.64. The first-order chi connectivity index (χ1) is 17.0. The van der Waals surface area contributed by atoms with Gasteiger partial charge in [-0.05, 0) is 67.5 Å². The van der Waals surface area contributed by atoms with Crippen molar-refractivity contribution in [1.29, 1.82) is 0 Å². The Morgan fingerprint density at radius 3 is 2.57 bits per heavy atom. The molecule has 1 fully saturated rings. The number of allylic oxidation sites excluding steroid dienone is 2. The fraction of sp³-hybridized carbons (Fsp3) is 0.321. The Bertz CT molecular complexity index is 1250. The van der Waals surface area contributed by atoms with Gasteiger partial charge >= 0.3 is 0 Å². The zero-order valence-electron chi connectivity index (χ0n) is 20.3. The van der Waals surface area contributed by atoms with Gasteiger partial charge in [0.25, 0.3) is 11.8 Å². The summed E-state index contributed by atoms with van der Waals surface area (Å²) in [5, 5.41) is 9.86. The normalized spacial score (nSPS) is 15.2. The Morgan fingerprint density at radius 1 is 1.17 bits per heavy atom. The van der Waals surface area contributed by atoms with Crippen molar-refractivity contribution in [2.45, 2.75) is 45.6 Å². The zero-order valence-corrected chi connectivity index (χ0v) is 20.3. The van der Waals surface area contributed by atoms with E-state index in [2.05, 4.69) is 23.6 Å². The number of pyridine rings is 1. The molecule has 0 unspecified atom stereocenters. The van der Waals surface area contributed by atoms with Crippen LogP contribution in [0.25, 0.3) is 11.0 Å². The summed E-state index contributed by atoms with van der Waals surface area (Å²) in [5.41, 5.74) is 5.99. The highest BCUT2D eigenvalue weighted by molar-refractivity contribution is 5.96. The van der Waals surface area contributed by atoms with Crippen LogP contribution in [0.4, 0.5) is 0 Å². The number of hydrogen-bond donors (Lipinski definition) is 2. The van der Waals surface area contributed by atoms with E-state index in [9.17, 15) is 9.59 Å². The van der Waals surface area contributed by atoms with Gasteiger partial charge in [-0.25, -0.2) is 10.5 Å². The molecule has 182 valence electrons. The van der Waals surface area contributed by atoms with Crippen LogP contribution in [0, 0.1) is 0 Å². The van der Waals surface area contributed by atoms with Crippen LogP contribution in [0.2, 0.25) is 0 Å². The van der Waals surface area contributed by atoms with Gasteiger partial charge in [-0.1, -0.05) is 37.3 Å². The van der Waals surface area contributed by atoms with Gasteiger partial charge in [0.15, 0.2) is 0 Å². The van der Waals surface area contributed by atoms with Crippen molar-refractivity contribution < 1.29 is 14.8 Å². The van der Waals surface area contributed by atoms with Crippen molar-refractivity contribution in [1.82, 2.24) is 19.9 Å². The van der Waals surface area contributed by atoms with E-state index in [0.717, 1.165) is 54.5 Å². The second-order valence-corrected chi connectivity index (χ2v) is 8.88. The van der Waals surface area contributed by atoms with Gasteiger partial charge in [-0.3, -0.25) is 14.8 Å². The number of hydroxylamine groups is 1. The number of hydrogen-bond acceptors (Lipinski definition) is 4. The maximum absolute atomic E-state index is 12.8. The van der Waals surface area contributed by atoms with E-state index >= 15 is 0 Å². The van der Waals surface area contributed by atoms with E-state index in [4.69, 9.17) is 10.2 Å². The number of fused-ring (bicyclic) bond motifs is 1. The van der Waals surface area contributed by atoms with Gasteiger partial charge in [-0.2, -0.15) is 0 Å². The molecule has 0 atom stereocenters. The lowest BCUT2D eigenvalue weighted by molar-refractivity contribution is -0.127. The van der Waals surface area contributed by atoms with Crippen LogP contribution < -0.4 is 5.48 Å². The van der Waals surface area contributed by atoms with Crippen molar-refractivity contribution in [2.24, 2.45) is 0 Å². The largest absolute Gasteiger partial charge is 0.339 e. The van der Waals surface area contributed by atoms with Crippen LogP contribution in [0.3, 0.4) is 0 Å². The standard InChI is InChI=1S/C28H32N4O3/c1-3-5-6-21(4-2)28(34)31-14-11-22(12-15-31)25-17-24-13-16-32(26(24)29-18-25)19-20-7-9-23(10-8-20)27(33)30-35/h4-10,13,16-18,22,35H,3,11-12,14-15,19H2,1-2H3,(H,30,33)/b6-5-,21-4+. The molecule has 1 saturated heterocycles. The number of aromatic nitrogens is 2. The van der Waals surface area contributed by atoms with Crippen molar-refractivity contribution in [2.75, 3.05) is 13.1 Å². The number of amides is 2. The van der Waals surface area contributed by atoms with E-state index in [1.807, 2.05) is 54.6 Å². The predicted molar refractivity (Wildman–Crippen MR) is 136 cm³/mol. The number of likely N-dealkylation sites (tertiary alicyclic amines) is 1. The zero-order chi connectivity index (χ0) is 24.8. The summed E-state index contributed by atoms with van der Waals surface area (Å²) >= 11 is 0. The smallest absolute Gasteiger partial charge is 0.274 e. The van der Waals surface area contributed by atoms with Crippen LogP contribution in [0.1, 0.15) is 60.5 Å². The molecule has 35 heavy (non-hydrogen) atoms. The van der Waals surface area contributed by atoms with Crippen molar-refractivity contribution in [3.05, 3.63) is 89.3 Å². The van der Waals surface area contributed by atoms with Gasteiger partial charge in [0.1, 0.15) is 5.65 Å². The second kappa shape index (κ2) is 11.1. The predicted octanol–water partition coefficient (Wildman–Crippen LogP) is 4.82. The molecule has 2 amide bonds. The first-order valence-electron chi connectivity index (χ1n) is 12.1. The Balaban J connectivity index is 1.41. The second-order valence-electron chi connectivity index (χ2n) is 8.88. The summed E-state index contributed by atoms with van der Waals surface area (Å²) in [5.74, 6) is -0.0148. The summed E-state index contributed by atoms with van der Waals surface area (Å²) in [6.07, 6.45) is 12.6. The van der Waals surface area contributed by atoms with Crippen LogP contribution in [-0.4, -0.2) is 44.6 Å². The molecule has 0 spiro atoms. The molecule has 3 heterocycles. The Labute approximate surface area is 205 Å². The van der Waals surface area contributed by atoms with Crippen molar-refractivity contribution >= 4 is 22.8 Å². The van der Waals surface area contributed by atoms with E-state index in [1.54, 1.807) is 17.6 Å². The van der Waals surface area contributed by atoms with Crippen molar-refractivity contribution in [3.63, 3.8) is 0 Å². The molecule has 1 aliphatic heterocycles. The molecule has 7 nitrogen and oxygen atoms in total. The van der Waals surface area contributed by atoms with Gasteiger partial charge < -0.3 is 9.47 Å². The van der Waals surface area contributed by atoms with Gasteiger partial charge in [0.05, 0.1) is 0 Å². The van der Waals surface area contributed by atoms with E-state index < -0.39 is 5.91 Å². The monoisotopic (exact) mass is 472 g/mol. The van der Waals surface area contributed by atoms with Crippen LogP contribution in [0.15, 0.2) is 72.6 Å². The number of nitrogens with one attached hydrogen (secondary N) is 1. The topological polar surface area (TPSA) is 87.5 Å². The molecule has 3 aromatic rings. The fourth-order valence-corrected chi connectivity index (χ4v) is 4.60. The molecular formula is C28H32N4O3. The number of benzene rings is 1. The third kappa shape index (κ3) is 5.52. The Kier molecular flexibility index (Phi) is 7.77. The minimum absolute atomic E-state index is 0.117. The number of nitrogens with zero attached hydrogens (tertiary/aromatic N) is 3. The first kappa shape index (κ1) is 24.4. The average molecular weight is 473 g/mol. The Morgan fingerprint density at radius 2 is 1.91 bits per heavy atom. The molecule has 2 N–H and O–H groups in total. The van der Waals surface area contributed by atoms with E-state index in [1.165, 1.54) is 5.56 Å². The van der Waals surface area contributed by atoms with Gasteiger partial charge in [-0.15, -0.1) is 0 Å². The first-order valence-corrected chi connectivity index (χ1v) is 12.1. The molecule has 1 aliphatic rings. The summed E-state index contributed by atoms with van der Waals surface area (Å²) in [6, 6.07) is 11.4. The van der Waals surface area contributed by atoms with Gasteiger partial charge in [0.2, 0.25) is 0 Å². The van der Waals surface area contributed by atoms with Crippen molar-refractivity contribution in [3.8, 4) is 0 Å². The SMILES string of the molecule is C/C=C(\C=C/CC)C(=O)N1CCC(c2cnc3c(ccn3Cc3ccc(C(=O)NO)cc3)c2)CC1. The summed E-state index contributed by atoms with van der Waals surface area (Å²) in [7, 11) is 0. The average Bonchev–Trinajstić information content (AvgIpc) is 3.30. The summed E-state index contributed by atoms with van der Waals surface area (Å²) < 4.78 is 2.09. The van der Waals surface area contributed by atoms with Crippen LogP contribution in [-0.2, 0) is 11.3 Å². The number of rotatable bonds is 7. The van der Waals surface area contributed by atoms with E-state index in [0.29, 0.717) is 18.0 Å². The lowest BCUT2D eigenvalue weighted by atomic mass is 9.90. The summed E-state index contributed by atoms with van der Waals surface area (Å²) in [6.45, 7) is 6.13. The van der Waals surface area contributed by atoms with Crippen LogP contribution in [0.5, 0.6) is 0 Å². The number of piperidine rings is 1. The molecular weight excluding hydrogens is 440 g/mol. The Hall–Kier alpha value is -3.71. The molecule has 4 rings (SSSR count). The number of carbonyl (C=O) groups excluding carboxylic acids is 2. The molecule has 1 aromatic carbocycles. The lowest BCUT2D eigenvalue weighted by Gasteiger charge is -2.32. The fourth-order valence-electron chi connectivity index (χ4n) is 4.60. The lowest BCUT2D eigenvalue weighted by Crippen LogP contribution is -2.38.